The van der Waals surface area contributed by atoms with Crippen LogP contribution in [0.15, 0.2) is 53.5 Å². The lowest BCUT2D eigenvalue weighted by Gasteiger charge is -2.41. The third-order valence-electron chi connectivity index (χ3n) is 6.26. The number of hydrogen-bond acceptors (Lipinski definition) is 5. The number of nitrogens with zero attached hydrogens (tertiary/aromatic N) is 3. The minimum atomic E-state index is -0.276. The van der Waals surface area contributed by atoms with E-state index in [4.69, 9.17) is 4.99 Å². The second kappa shape index (κ2) is 9.79. The second-order valence-electron chi connectivity index (χ2n) is 8.57. The van der Waals surface area contributed by atoms with Gasteiger partial charge in [-0.05, 0) is 68.8 Å². The van der Waals surface area contributed by atoms with Crippen LogP contribution in [0.2, 0.25) is 0 Å². The normalized spacial score (nSPS) is 17.9. The van der Waals surface area contributed by atoms with Crippen LogP contribution in [0.25, 0.3) is 0 Å². The summed E-state index contributed by atoms with van der Waals surface area (Å²) in [6.45, 7) is 4.72. The highest BCUT2D eigenvalue weighted by atomic mass is 35.5. The summed E-state index contributed by atoms with van der Waals surface area (Å²) >= 11 is 1.66. The van der Waals surface area contributed by atoms with Crippen molar-refractivity contribution in [2.24, 2.45) is 4.99 Å². The number of piperazine rings is 1. The van der Waals surface area contributed by atoms with Gasteiger partial charge in [-0.25, -0.2) is 13.8 Å². The fourth-order valence-corrected chi connectivity index (χ4v) is 5.41. The Morgan fingerprint density at radius 2 is 1.91 bits per heavy atom. The molecule has 5 rings (SSSR count). The van der Waals surface area contributed by atoms with E-state index in [1.807, 2.05) is 6.07 Å². The van der Waals surface area contributed by atoms with Crippen LogP contribution >= 0.6 is 23.7 Å². The maximum absolute atomic E-state index is 13.9. The molecular weight excluding hydrogens is 462 g/mol. The van der Waals surface area contributed by atoms with Gasteiger partial charge in [0.05, 0.1) is 16.9 Å². The van der Waals surface area contributed by atoms with Crippen molar-refractivity contribution >= 4 is 46.0 Å². The van der Waals surface area contributed by atoms with Gasteiger partial charge in [-0.1, -0.05) is 12.1 Å². The van der Waals surface area contributed by atoms with E-state index in [0.717, 1.165) is 60.1 Å². The largest absolute Gasteiger partial charge is 0.353 e. The number of hydrogen-bond donors (Lipinski definition) is 1. The molecular formula is C25H27ClF2N4S. The number of rotatable bonds is 3. The number of likely N-dealkylation sites (N-methyl/N-ethyl adjacent to an activating group) is 1. The minimum Gasteiger partial charge on any atom is -0.353 e. The number of benzene rings is 2. The van der Waals surface area contributed by atoms with Gasteiger partial charge in [0.25, 0.3) is 0 Å². The molecule has 33 heavy (non-hydrogen) atoms. The van der Waals surface area contributed by atoms with Crippen LogP contribution in [0.4, 0.5) is 25.2 Å². The SMILES string of the molecule is Cc1cc2c(s1)Nc1cc(F)ccc1N=C2N1CCN(C)C(CCc2cccc(F)c2)C1.Cl. The Morgan fingerprint density at radius 3 is 2.73 bits per heavy atom. The molecule has 8 heteroatoms. The van der Waals surface area contributed by atoms with Gasteiger partial charge < -0.3 is 10.2 Å². The average Bonchev–Trinajstić information content (AvgIpc) is 3.05. The number of aryl methyl sites for hydroxylation is 2. The molecule has 0 spiro atoms. The summed E-state index contributed by atoms with van der Waals surface area (Å²) in [6, 6.07) is 14.1. The first-order chi connectivity index (χ1) is 15.5. The van der Waals surface area contributed by atoms with E-state index in [1.54, 1.807) is 29.5 Å². The Hall–Kier alpha value is -2.48. The first kappa shape index (κ1) is 23.7. The number of thiophene rings is 1. The molecule has 1 unspecified atom stereocenters. The van der Waals surface area contributed by atoms with Crippen molar-refractivity contribution in [1.82, 2.24) is 9.80 Å². The molecule has 174 valence electrons. The lowest BCUT2D eigenvalue weighted by Crippen LogP contribution is -2.53. The number of fused-ring (bicyclic) bond motifs is 2. The average molecular weight is 489 g/mol. The van der Waals surface area contributed by atoms with Gasteiger partial charge in [-0.15, -0.1) is 23.7 Å². The lowest BCUT2D eigenvalue weighted by atomic mass is 10.0. The van der Waals surface area contributed by atoms with Crippen molar-refractivity contribution in [3.63, 3.8) is 0 Å². The van der Waals surface area contributed by atoms with E-state index in [0.29, 0.717) is 11.7 Å². The highest BCUT2D eigenvalue weighted by molar-refractivity contribution is 7.16. The van der Waals surface area contributed by atoms with Gasteiger partial charge in [0, 0.05) is 30.6 Å². The van der Waals surface area contributed by atoms with Crippen molar-refractivity contribution in [3.8, 4) is 0 Å². The zero-order chi connectivity index (χ0) is 22.2. The summed E-state index contributed by atoms with van der Waals surface area (Å²) in [6.07, 6.45) is 1.78. The van der Waals surface area contributed by atoms with Gasteiger partial charge in [0.1, 0.15) is 22.5 Å². The molecule has 1 saturated heterocycles. The van der Waals surface area contributed by atoms with Crippen molar-refractivity contribution in [1.29, 1.82) is 0 Å². The summed E-state index contributed by atoms with van der Waals surface area (Å²) in [5, 5.41) is 4.40. The van der Waals surface area contributed by atoms with Gasteiger partial charge in [0.15, 0.2) is 0 Å². The highest BCUT2D eigenvalue weighted by Crippen LogP contribution is 2.39. The fourth-order valence-electron chi connectivity index (χ4n) is 4.49. The van der Waals surface area contributed by atoms with Crippen LogP contribution in [-0.2, 0) is 6.42 Å². The first-order valence-electron chi connectivity index (χ1n) is 10.9. The molecule has 4 nitrogen and oxygen atoms in total. The van der Waals surface area contributed by atoms with Crippen molar-refractivity contribution < 1.29 is 8.78 Å². The summed E-state index contributed by atoms with van der Waals surface area (Å²) in [7, 11) is 2.16. The smallest absolute Gasteiger partial charge is 0.139 e. The van der Waals surface area contributed by atoms with E-state index in [1.165, 1.54) is 23.1 Å². The van der Waals surface area contributed by atoms with Crippen LogP contribution in [0, 0.1) is 18.6 Å². The zero-order valence-corrected chi connectivity index (χ0v) is 20.3. The number of aliphatic imine (C=N–C) groups is 1. The second-order valence-corrected chi connectivity index (χ2v) is 9.83. The maximum Gasteiger partial charge on any atom is 0.139 e. The zero-order valence-electron chi connectivity index (χ0n) is 18.6. The number of halogens is 3. The highest BCUT2D eigenvalue weighted by Gasteiger charge is 2.30. The van der Waals surface area contributed by atoms with E-state index in [9.17, 15) is 8.78 Å². The van der Waals surface area contributed by atoms with Gasteiger partial charge >= 0.3 is 0 Å². The van der Waals surface area contributed by atoms with Crippen LogP contribution in [0.3, 0.4) is 0 Å². The lowest BCUT2D eigenvalue weighted by molar-refractivity contribution is 0.134. The third-order valence-corrected chi connectivity index (χ3v) is 7.23. The molecule has 2 aliphatic heterocycles. The maximum atomic E-state index is 13.9. The molecule has 0 saturated carbocycles. The Kier molecular flexibility index (Phi) is 7.02. The Bertz CT molecular complexity index is 1180. The van der Waals surface area contributed by atoms with Crippen LogP contribution in [0.5, 0.6) is 0 Å². The molecule has 1 fully saturated rings. The number of nitrogens with one attached hydrogen (secondary N) is 1. The third kappa shape index (κ3) is 5.05. The Labute approximate surface area is 203 Å². The molecule has 0 aliphatic carbocycles. The summed E-state index contributed by atoms with van der Waals surface area (Å²) in [5.41, 5.74) is 3.54. The van der Waals surface area contributed by atoms with E-state index in [-0.39, 0.29) is 24.0 Å². The molecule has 0 amide bonds. The molecule has 1 atom stereocenters. The van der Waals surface area contributed by atoms with Crippen molar-refractivity contribution in [3.05, 3.63) is 76.2 Å². The standard InChI is InChI=1S/C25H26F2N4S.ClH/c1-16-12-21-24(28-22-9-7-19(27)14-23(22)29-25(21)32-16)31-11-10-30(2)20(15-31)8-6-17-4-3-5-18(26)13-17;/h3-5,7,9,12-14,20,29H,6,8,10-11,15H2,1-2H3;1H. The molecule has 0 bridgehead atoms. The number of amidine groups is 1. The van der Waals surface area contributed by atoms with Crippen LogP contribution in [-0.4, -0.2) is 48.4 Å². The molecule has 2 aliphatic rings. The summed E-state index contributed by atoms with van der Waals surface area (Å²) in [5.74, 6) is 0.477. The topological polar surface area (TPSA) is 30.9 Å². The molecule has 0 radical (unpaired) electrons. The predicted molar refractivity (Wildman–Crippen MR) is 135 cm³/mol. The molecule has 3 heterocycles. The first-order valence-corrected chi connectivity index (χ1v) is 11.7. The Morgan fingerprint density at radius 1 is 1.09 bits per heavy atom. The summed E-state index contributed by atoms with van der Waals surface area (Å²) < 4.78 is 27.5. The van der Waals surface area contributed by atoms with Crippen LogP contribution in [0.1, 0.15) is 22.4 Å². The molecule has 2 aromatic carbocycles. The van der Waals surface area contributed by atoms with E-state index in [2.05, 4.69) is 35.2 Å². The van der Waals surface area contributed by atoms with E-state index >= 15 is 0 Å². The Balaban J connectivity index is 0.00000259. The predicted octanol–water partition coefficient (Wildman–Crippen LogP) is 6.14. The summed E-state index contributed by atoms with van der Waals surface area (Å²) in [4.78, 5) is 10.9. The van der Waals surface area contributed by atoms with Crippen molar-refractivity contribution in [2.75, 3.05) is 32.0 Å². The van der Waals surface area contributed by atoms with Crippen molar-refractivity contribution in [2.45, 2.75) is 25.8 Å². The fraction of sp³-hybridized carbons (Fsp3) is 0.320. The van der Waals surface area contributed by atoms with Crippen LogP contribution < -0.4 is 5.32 Å². The molecule has 3 aromatic rings. The van der Waals surface area contributed by atoms with Gasteiger partial charge in [-0.3, -0.25) is 4.90 Å². The molecule has 1 N–H and O–H groups in total. The van der Waals surface area contributed by atoms with Gasteiger partial charge in [-0.2, -0.15) is 0 Å². The number of anilines is 2. The quantitative estimate of drug-likeness (QED) is 0.480. The van der Waals surface area contributed by atoms with E-state index < -0.39 is 0 Å². The minimum absolute atomic E-state index is 0. The van der Waals surface area contributed by atoms with Gasteiger partial charge in [0.2, 0.25) is 0 Å². The monoisotopic (exact) mass is 488 g/mol. The molecule has 1 aromatic heterocycles.